The van der Waals surface area contributed by atoms with E-state index < -0.39 is 15.8 Å². The van der Waals surface area contributed by atoms with Gasteiger partial charge in [-0.1, -0.05) is 11.2 Å². The van der Waals surface area contributed by atoms with Crippen molar-refractivity contribution in [3.8, 4) is 0 Å². The van der Waals surface area contributed by atoms with E-state index in [2.05, 4.69) is 15.5 Å². The fourth-order valence-electron chi connectivity index (χ4n) is 3.14. The maximum atomic E-state index is 13.5. The minimum Gasteiger partial charge on any atom is -0.392 e. The van der Waals surface area contributed by atoms with Crippen molar-refractivity contribution in [2.24, 2.45) is 4.99 Å². The lowest BCUT2D eigenvalue weighted by Crippen LogP contribution is -2.53. The van der Waals surface area contributed by atoms with Crippen LogP contribution < -0.4 is 5.32 Å². The van der Waals surface area contributed by atoms with Gasteiger partial charge in [0.2, 0.25) is 10.0 Å². The van der Waals surface area contributed by atoms with Crippen molar-refractivity contribution in [2.45, 2.75) is 18.9 Å². The summed E-state index contributed by atoms with van der Waals surface area (Å²) in [5.41, 5.74) is 1.43. The lowest BCUT2D eigenvalue weighted by Gasteiger charge is -2.35. The molecule has 1 saturated heterocycles. The van der Waals surface area contributed by atoms with Crippen molar-refractivity contribution < 1.29 is 22.4 Å². The molecule has 1 aliphatic heterocycles. The van der Waals surface area contributed by atoms with Gasteiger partial charge in [-0.3, -0.25) is 4.99 Å². The summed E-state index contributed by atoms with van der Waals surface area (Å²) < 4.78 is 44.7. The van der Waals surface area contributed by atoms with Crippen molar-refractivity contribution in [3.63, 3.8) is 0 Å². The minimum atomic E-state index is -3.46. The number of benzene rings is 1. The molecular weight excluding hydrogens is 401 g/mol. The Bertz CT molecular complexity index is 941. The molecule has 11 heteroatoms. The first-order valence-electron chi connectivity index (χ1n) is 9.14. The Hall–Kier alpha value is -2.50. The van der Waals surface area contributed by atoms with Gasteiger partial charge in [0.25, 0.3) is 0 Å². The second-order valence-corrected chi connectivity index (χ2v) is 8.59. The van der Waals surface area contributed by atoms with Crippen LogP contribution in [0.1, 0.15) is 16.8 Å². The quantitative estimate of drug-likeness (QED) is 0.513. The van der Waals surface area contributed by atoms with Gasteiger partial charge in [-0.2, -0.15) is 4.31 Å². The topological polar surface area (TPSA) is 111 Å². The molecule has 1 aromatic heterocycles. The molecule has 1 aliphatic rings. The highest BCUT2D eigenvalue weighted by atomic mass is 32.2. The molecule has 0 aliphatic carbocycles. The highest BCUT2D eigenvalue weighted by Crippen LogP contribution is 2.14. The molecule has 158 valence electrons. The van der Waals surface area contributed by atoms with Crippen LogP contribution >= 0.6 is 0 Å². The lowest BCUT2D eigenvalue weighted by molar-refractivity contribution is 0.259. The van der Waals surface area contributed by atoms with Crippen LogP contribution in [0, 0.1) is 5.82 Å². The molecule has 0 amide bonds. The van der Waals surface area contributed by atoms with Gasteiger partial charge in [0.05, 0.1) is 12.3 Å². The maximum Gasteiger partial charge on any atom is 0.220 e. The number of nitrogens with zero attached hydrogens (tertiary/aromatic N) is 4. The third-order valence-corrected chi connectivity index (χ3v) is 6.51. The highest BCUT2D eigenvalue weighted by Gasteiger charge is 2.28. The van der Waals surface area contributed by atoms with Gasteiger partial charge in [0.15, 0.2) is 5.96 Å². The van der Waals surface area contributed by atoms with Gasteiger partial charge in [-0.15, -0.1) is 0 Å². The molecule has 0 radical (unpaired) electrons. The van der Waals surface area contributed by atoms with Gasteiger partial charge in [-0.25, -0.2) is 12.8 Å². The summed E-state index contributed by atoms with van der Waals surface area (Å²) in [5.74, 6) is 0.00539. The Labute approximate surface area is 168 Å². The second kappa shape index (κ2) is 9.33. The monoisotopic (exact) mass is 425 g/mol. The van der Waals surface area contributed by atoms with Gasteiger partial charge < -0.3 is 19.8 Å². The van der Waals surface area contributed by atoms with E-state index >= 15 is 0 Å². The average Bonchev–Trinajstić information content (AvgIpc) is 3.22. The van der Waals surface area contributed by atoms with E-state index in [1.807, 2.05) is 4.90 Å². The van der Waals surface area contributed by atoms with Gasteiger partial charge >= 0.3 is 0 Å². The molecule has 29 heavy (non-hydrogen) atoms. The number of aliphatic hydroxyl groups excluding tert-OH is 1. The molecule has 9 nitrogen and oxygen atoms in total. The van der Waals surface area contributed by atoms with Crippen molar-refractivity contribution in [3.05, 3.63) is 53.2 Å². The Balaban J connectivity index is 1.55. The van der Waals surface area contributed by atoms with E-state index in [-0.39, 0.29) is 17.9 Å². The zero-order valence-electron chi connectivity index (χ0n) is 16.1. The van der Waals surface area contributed by atoms with Gasteiger partial charge in [0, 0.05) is 51.4 Å². The summed E-state index contributed by atoms with van der Waals surface area (Å²) in [6, 6.07) is 6.11. The van der Waals surface area contributed by atoms with E-state index in [4.69, 9.17) is 4.52 Å². The molecule has 1 fully saturated rings. The van der Waals surface area contributed by atoms with E-state index in [1.54, 1.807) is 19.2 Å². The Morgan fingerprint density at radius 2 is 2.07 bits per heavy atom. The zero-order chi connectivity index (χ0) is 20.9. The number of rotatable bonds is 6. The standard InChI is InChI=1S/C18H24FN5O4S/c1-20-18(21-11-14-2-3-17(19)15(10-14)12-25)23-5-7-24(8-6-23)29(26,27)13-16-4-9-28-22-16/h2-4,9-10,25H,5-8,11-13H2,1H3,(H,20,21). The number of guanidine groups is 1. The first-order valence-corrected chi connectivity index (χ1v) is 10.7. The third kappa shape index (κ3) is 5.31. The molecule has 2 N–H and O–H groups in total. The molecule has 0 atom stereocenters. The SMILES string of the molecule is CN=C(NCc1ccc(F)c(CO)c1)N1CCN(S(=O)(=O)Cc2ccon2)CC1. The fraction of sp³-hybridized carbons (Fsp3) is 0.444. The number of halogens is 1. The van der Waals surface area contributed by atoms with E-state index in [1.165, 1.54) is 22.7 Å². The molecule has 1 aromatic carbocycles. The summed E-state index contributed by atoms with van der Waals surface area (Å²) in [5, 5.41) is 16.0. The van der Waals surface area contributed by atoms with E-state index in [0.29, 0.717) is 44.4 Å². The van der Waals surface area contributed by atoms with Crippen molar-refractivity contribution in [2.75, 3.05) is 33.2 Å². The highest BCUT2D eigenvalue weighted by molar-refractivity contribution is 7.88. The number of sulfonamides is 1. The summed E-state index contributed by atoms with van der Waals surface area (Å²) in [7, 11) is -1.81. The third-order valence-electron chi connectivity index (χ3n) is 4.70. The van der Waals surface area contributed by atoms with Crippen LogP contribution in [0.4, 0.5) is 4.39 Å². The number of hydrogen-bond acceptors (Lipinski definition) is 6. The van der Waals surface area contributed by atoms with Crippen LogP contribution in [0.5, 0.6) is 0 Å². The minimum absolute atomic E-state index is 0.186. The lowest BCUT2D eigenvalue weighted by atomic mass is 10.1. The van der Waals surface area contributed by atoms with E-state index in [9.17, 15) is 17.9 Å². The first-order chi connectivity index (χ1) is 13.9. The Morgan fingerprint density at radius 3 is 2.69 bits per heavy atom. The zero-order valence-corrected chi connectivity index (χ0v) is 16.9. The summed E-state index contributed by atoms with van der Waals surface area (Å²) >= 11 is 0. The molecule has 2 aromatic rings. The number of hydrogen-bond donors (Lipinski definition) is 2. The Kier molecular flexibility index (Phi) is 6.83. The van der Waals surface area contributed by atoms with Crippen molar-refractivity contribution >= 4 is 16.0 Å². The van der Waals surface area contributed by atoms with Crippen molar-refractivity contribution in [1.29, 1.82) is 0 Å². The largest absolute Gasteiger partial charge is 0.392 e. The molecule has 0 bridgehead atoms. The molecule has 0 saturated carbocycles. The van der Waals surface area contributed by atoms with E-state index in [0.717, 1.165) is 5.56 Å². The van der Waals surface area contributed by atoms with Crippen LogP contribution in [0.15, 0.2) is 40.0 Å². The maximum absolute atomic E-state index is 13.5. The van der Waals surface area contributed by atoms with Crippen LogP contribution in [-0.2, 0) is 28.9 Å². The number of aliphatic hydroxyl groups is 1. The molecule has 0 spiro atoms. The number of aromatic nitrogens is 1. The number of nitrogens with one attached hydrogen (secondary N) is 1. The molecule has 3 rings (SSSR count). The van der Waals surface area contributed by atoms with Gasteiger partial charge in [-0.05, 0) is 17.7 Å². The van der Waals surface area contributed by atoms with Crippen LogP contribution in [0.25, 0.3) is 0 Å². The smallest absolute Gasteiger partial charge is 0.220 e. The second-order valence-electron chi connectivity index (χ2n) is 6.62. The van der Waals surface area contributed by atoms with Gasteiger partial charge in [0.1, 0.15) is 17.8 Å². The van der Waals surface area contributed by atoms with Crippen LogP contribution in [0.3, 0.4) is 0 Å². The fourth-order valence-corrected chi connectivity index (χ4v) is 4.57. The summed E-state index contributed by atoms with van der Waals surface area (Å²) in [6.45, 7) is 1.70. The number of piperazine rings is 1. The first kappa shape index (κ1) is 21.2. The van der Waals surface area contributed by atoms with Crippen LogP contribution in [0.2, 0.25) is 0 Å². The van der Waals surface area contributed by atoms with Crippen molar-refractivity contribution in [1.82, 2.24) is 19.7 Å². The molecule has 0 unspecified atom stereocenters. The summed E-state index contributed by atoms with van der Waals surface area (Å²) in [4.78, 5) is 6.22. The normalized spacial score (nSPS) is 16.2. The van der Waals surface area contributed by atoms with Crippen LogP contribution in [-0.4, -0.2) is 67.1 Å². The Morgan fingerprint density at radius 1 is 1.31 bits per heavy atom. The predicted molar refractivity (Wildman–Crippen MR) is 105 cm³/mol. The predicted octanol–water partition coefficient (Wildman–Crippen LogP) is 0.529. The number of aliphatic imine (C=N–C) groups is 1. The molecule has 2 heterocycles. The summed E-state index contributed by atoms with van der Waals surface area (Å²) in [6.07, 6.45) is 1.35. The molecular formula is C18H24FN5O4S. The average molecular weight is 425 g/mol.